The first-order chi connectivity index (χ1) is 13.6. The van der Waals surface area contributed by atoms with Crippen LogP contribution in [0.4, 0.5) is 0 Å². The van der Waals surface area contributed by atoms with Gasteiger partial charge in [0.2, 0.25) is 0 Å². The topological polar surface area (TPSA) is 74.8 Å². The Balaban J connectivity index is 1.82. The number of guanidine groups is 1. The van der Waals surface area contributed by atoms with Gasteiger partial charge in [0.15, 0.2) is 5.96 Å². The number of aliphatic imine (C=N–C) groups is 1. The average molecular weight is 389 g/mol. The normalized spacial score (nSPS) is 16.0. The fraction of sp³-hybridized carbons (Fsp3) is 0.636. The molecule has 0 spiro atoms. The van der Waals surface area contributed by atoms with Gasteiger partial charge in [-0.15, -0.1) is 0 Å². The number of amides is 1. The number of carbonyl (C=O) groups is 1. The molecule has 0 atom stereocenters. The molecule has 2 rings (SSSR count). The van der Waals surface area contributed by atoms with Gasteiger partial charge in [0, 0.05) is 45.5 Å². The third kappa shape index (κ3) is 6.82. The lowest BCUT2D eigenvalue weighted by molar-refractivity contribution is 0.0955. The van der Waals surface area contributed by atoms with E-state index in [1.807, 2.05) is 38.1 Å². The summed E-state index contributed by atoms with van der Waals surface area (Å²) in [5, 5.41) is 9.70. The number of nitrogens with one attached hydrogen (secondary N) is 3. The number of nitrogens with zero attached hydrogens (tertiary/aromatic N) is 1. The maximum atomic E-state index is 11.8. The van der Waals surface area contributed by atoms with Crippen LogP contribution in [0.25, 0.3) is 0 Å². The Labute approximate surface area is 169 Å². The molecule has 1 amide bonds. The Morgan fingerprint density at radius 3 is 2.43 bits per heavy atom. The summed E-state index contributed by atoms with van der Waals surface area (Å²) in [6.07, 6.45) is 6.22. The molecule has 1 saturated carbocycles. The van der Waals surface area contributed by atoms with Crippen molar-refractivity contribution in [2.24, 2.45) is 10.4 Å². The van der Waals surface area contributed by atoms with Gasteiger partial charge in [0.25, 0.3) is 5.91 Å². The first kappa shape index (κ1) is 22.2. The summed E-state index contributed by atoms with van der Waals surface area (Å²) in [6, 6.07) is 7.68. The van der Waals surface area contributed by atoms with Crippen molar-refractivity contribution in [3.8, 4) is 0 Å². The Morgan fingerprint density at radius 1 is 1.11 bits per heavy atom. The van der Waals surface area contributed by atoms with Gasteiger partial charge in [0.1, 0.15) is 0 Å². The molecule has 0 saturated heterocycles. The van der Waals surface area contributed by atoms with Crippen LogP contribution in [0.3, 0.4) is 0 Å². The monoisotopic (exact) mass is 388 g/mol. The molecule has 28 heavy (non-hydrogen) atoms. The summed E-state index contributed by atoms with van der Waals surface area (Å²) >= 11 is 0. The highest BCUT2D eigenvalue weighted by Crippen LogP contribution is 2.40. The van der Waals surface area contributed by atoms with Crippen molar-refractivity contribution in [1.82, 2.24) is 16.0 Å². The summed E-state index contributed by atoms with van der Waals surface area (Å²) in [4.78, 5) is 16.2. The summed E-state index contributed by atoms with van der Waals surface area (Å²) in [5.74, 6) is 0.781. The van der Waals surface area contributed by atoms with Crippen LogP contribution in [-0.4, -0.2) is 45.2 Å². The highest BCUT2D eigenvalue weighted by molar-refractivity contribution is 5.94. The van der Waals surface area contributed by atoms with Crippen molar-refractivity contribution in [3.63, 3.8) is 0 Å². The van der Waals surface area contributed by atoms with Crippen LogP contribution in [0.2, 0.25) is 0 Å². The van der Waals surface area contributed by atoms with E-state index in [2.05, 4.69) is 20.9 Å². The highest BCUT2D eigenvalue weighted by atomic mass is 16.5. The van der Waals surface area contributed by atoms with Gasteiger partial charge in [-0.3, -0.25) is 9.79 Å². The van der Waals surface area contributed by atoms with E-state index in [9.17, 15) is 4.79 Å². The minimum atomic E-state index is -0.0339. The molecule has 156 valence electrons. The fourth-order valence-corrected chi connectivity index (χ4v) is 3.79. The minimum Gasteiger partial charge on any atom is -0.382 e. The van der Waals surface area contributed by atoms with Crippen LogP contribution in [0.5, 0.6) is 0 Å². The molecule has 1 aromatic carbocycles. The number of carbonyl (C=O) groups excluding carboxylic acids is 1. The SMILES string of the molecule is CCNC(=O)c1ccc(CNC(=NC)NCC2(CCOCC)CCCC2)cc1. The molecule has 0 unspecified atom stereocenters. The Bertz CT molecular complexity index is 622. The van der Waals surface area contributed by atoms with E-state index in [0.717, 1.165) is 37.7 Å². The molecule has 0 bridgehead atoms. The van der Waals surface area contributed by atoms with Crippen LogP contribution >= 0.6 is 0 Å². The van der Waals surface area contributed by atoms with Crippen molar-refractivity contribution >= 4 is 11.9 Å². The molecular formula is C22H36N4O2. The maximum absolute atomic E-state index is 11.8. The summed E-state index contributed by atoms with van der Waals surface area (Å²) in [6.45, 7) is 7.82. The molecule has 1 aromatic rings. The van der Waals surface area contributed by atoms with Gasteiger partial charge in [0.05, 0.1) is 0 Å². The van der Waals surface area contributed by atoms with E-state index in [-0.39, 0.29) is 5.91 Å². The summed E-state index contributed by atoms with van der Waals surface area (Å²) in [5.41, 5.74) is 2.12. The Morgan fingerprint density at radius 2 is 1.82 bits per heavy atom. The molecule has 0 heterocycles. The Hall–Kier alpha value is -2.08. The number of rotatable bonds is 10. The zero-order valence-electron chi connectivity index (χ0n) is 17.6. The fourth-order valence-electron chi connectivity index (χ4n) is 3.79. The van der Waals surface area contributed by atoms with Gasteiger partial charge >= 0.3 is 0 Å². The molecule has 1 aliphatic rings. The van der Waals surface area contributed by atoms with Crippen molar-refractivity contribution < 1.29 is 9.53 Å². The summed E-state index contributed by atoms with van der Waals surface area (Å²) < 4.78 is 5.60. The average Bonchev–Trinajstić information content (AvgIpc) is 3.18. The third-order valence-electron chi connectivity index (χ3n) is 5.51. The van der Waals surface area contributed by atoms with Gasteiger partial charge in [-0.25, -0.2) is 0 Å². The number of hydrogen-bond donors (Lipinski definition) is 3. The van der Waals surface area contributed by atoms with E-state index >= 15 is 0 Å². The van der Waals surface area contributed by atoms with E-state index in [1.54, 1.807) is 7.05 Å². The lowest BCUT2D eigenvalue weighted by Crippen LogP contribution is -2.43. The first-order valence-corrected chi connectivity index (χ1v) is 10.5. The largest absolute Gasteiger partial charge is 0.382 e. The van der Waals surface area contributed by atoms with Crippen LogP contribution < -0.4 is 16.0 Å². The van der Waals surface area contributed by atoms with E-state index in [0.29, 0.717) is 24.1 Å². The molecule has 1 aliphatic carbocycles. The third-order valence-corrected chi connectivity index (χ3v) is 5.51. The molecule has 3 N–H and O–H groups in total. The molecular weight excluding hydrogens is 352 g/mol. The van der Waals surface area contributed by atoms with E-state index < -0.39 is 0 Å². The van der Waals surface area contributed by atoms with Crippen molar-refractivity contribution in [3.05, 3.63) is 35.4 Å². The number of ether oxygens (including phenoxy) is 1. The second-order valence-electron chi connectivity index (χ2n) is 7.49. The molecule has 1 fully saturated rings. The number of benzene rings is 1. The lowest BCUT2D eigenvalue weighted by atomic mass is 9.83. The molecule has 6 heteroatoms. The first-order valence-electron chi connectivity index (χ1n) is 10.5. The van der Waals surface area contributed by atoms with Crippen LogP contribution in [0.15, 0.2) is 29.3 Å². The predicted molar refractivity (Wildman–Crippen MR) is 115 cm³/mol. The lowest BCUT2D eigenvalue weighted by Gasteiger charge is -2.30. The van der Waals surface area contributed by atoms with Crippen molar-refractivity contribution in [2.45, 2.75) is 52.5 Å². The van der Waals surface area contributed by atoms with Crippen molar-refractivity contribution in [1.29, 1.82) is 0 Å². The molecule has 6 nitrogen and oxygen atoms in total. The zero-order valence-corrected chi connectivity index (χ0v) is 17.6. The second-order valence-corrected chi connectivity index (χ2v) is 7.49. The van der Waals surface area contributed by atoms with E-state index in [4.69, 9.17) is 4.74 Å². The van der Waals surface area contributed by atoms with Gasteiger partial charge in [-0.2, -0.15) is 0 Å². The predicted octanol–water partition coefficient (Wildman–Crippen LogP) is 3.09. The van der Waals surface area contributed by atoms with Gasteiger partial charge in [-0.1, -0.05) is 25.0 Å². The zero-order chi connectivity index (χ0) is 20.2. The minimum absolute atomic E-state index is 0.0339. The van der Waals surface area contributed by atoms with Gasteiger partial charge in [-0.05, 0) is 56.2 Å². The molecule has 0 aliphatic heterocycles. The standard InChI is InChI=1S/C22H36N4O2/c1-4-24-20(27)19-10-8-18(9-11-19)16-25-21(23-3)26-17-22(12-6-7-13-22)14-15-28-5-2/h8-11H,4-7,12-17H2,1-3H3,(H,24,27)(H2,23,25,26). The number of hydrogen-bond acceptors (Lipinski definition) is 3. The molecule has 0 aromatic heterocycles. The van der Waals surface area contributed by atoms with Crippen molar-refractivity contribution in [2.75, 3.05) is 33.4 Å². The quantitative estimate of drug-likeness (QED) is 0.327. The van der Waals surface area contributed by atoms with Crippen LogP contribution in [0.1, 0.15) is 61.9 Å². The molecule has 0 radical (unpaired) electrons. The highest BCUT2D eigenvalue weighted by Gasteiger charge is 2.33. The smallest absolute Gasteiger partial charge is 0.251 e. The summed E-state index contributed by atoms with van der Waals surface area (Å²) in [7, 11) is 1.80. The van der Waals surface area contributed by atoms with Gasteiger partial charge < -0.3 is 20.7 Å². The van der Waals surface area contributed by atoms with Crippen LogP contribution in [-0.2, 0) is 11.3 Å². The maximum Gasteiger partial charge on any atom is 0.251 e. The van der Waals surface area contributed by atoms with Crippen LogP contribution in [0, 0.1) is 5.41 Å². The second kappa shape index (κ2) is 11.7. The van der Waals surface area contributed by atoms with E-state index in [1.165, 1.54) is 25.7 Å². The Kier molecular flexibility index (Phi) is 9.28.